The van der Waals surface area contributed by atoms with Crippen LogP contribution in [0.3, 0.4) is 0 Å². The van der Waals surface area contributed by atoms with Crippen molar-refractivity contribution in [3.63, 3.8) is 0 Å². The van der Waals surface area contributed by atoms with Gasteiger partial charge in [-0.3, -0.25) is 9.82 Å². The molecule has 1 saturated heterocycles. The Bertz CT molecular complexity index is 1580. The van der Waals surface area contributed by atoms with E-state index in [2.05, 4.69) is 30.2 Å². The normalized spacial score (nSPS) is 17.6. The number of piperidine rings is 1. The van der Waals surface area contributed by atoms with Gasteiger partial charge in [0.25, 0.3) is 15.9 Å². The Morgan fingerprint density at radius 3 is 2.65 bits per heavy atom. The molecule has 1 atom stereocenters. The summed E-state index contributed by atoms with van der Waals surface area (Å²) in [6.45, 7) is 1.58. The van der Waals surface area contributed by atoms with Crippen molar-refractivity contribution in [2.75, 3.05) is 17.8 Å². The highest BCUT2D eigenvalue weighted by Crippen LogP contribution is 2.33. The van der Waals surface area contributed by atoms with E-state index in [9.17, 15) is 21.6 Å². The van der Waals surface area contributed by atoms with E-state index in [4.69, 9.17) is 16.3 Å². The second kappa shape index (κ2) is 9.47. The largest absolute Gasteiger partial charge is 0.467 e. The second-order valence-electron chi connectivity index (χ2n) is 8.49. The van der Waals surface area contributed by atoms with Crippen LogP contribution in [-0.2, 0) is 10.0 Å². The summed E-state index contributed by atoms with van der Waals surface area (Å²) in [5.74, 6) is -3.92. The van der Waals surface area contributed by atoms with Crippen LogP contribution in [0.5, 0.6) is 5.88 Å². The average molecular weight is 553 g/mol. The summed E-state index contributed by atoms with van der Waals surface area (Å²) in [6, 6.07) is 9.12. The molecule has 3 N–H and O–H groups in total. The molecule has 2 aromatic carbocycles. The lowest BCUT2D eigenvalue weighted by Gasteiger charge is -2.31. The summed E-state index contributed by atoms with van der Waals surface area (Å²) < 4.78 is 76.2. The monoisotopic (exact) mass is 552 g/mol. The number of hydrogen-bond donors (Lipinski definition) is 3. The number of anilines is 1. The molecule has 194 valence electrons. The maximum absolute atomic E-state index is 14.4. The molecule has 1 aliphatic rings. The summed E-state index contributed by atoms with van der Waals surface area (Å²) in [5, 5.41) is 9.99. The number of alkyl halides is 2. The summed E-state index contributed by atoms with van der Waals surface area (Å²) in [6.07, 6.45) is -1.29. The first-order chi connectivity index (χ1) is 17.5. The molecule has 1 aliphatic heterocycles. The summed E-state index contributed by atoms with van der Waals surface area (Å²) in [4.78, 5) is 8.19. The molecule has 37 heavy (non-hydrogen) atoms. The molecule has 9 nitrogen and oxygen atoms in total. The van der Waals surface area contributed by atoms with E-state index in [0.717, 1.165) is 12.1 Å². The SMILES string of the molecule is Cc1[nH]nc2nc(-c3ccc(NS(=O)(=O)c4cc(Cl)ccc4F)cc3)nc(O[C@@H]3CCNCC3(F)F)c12. The van der Waals surface area contributed by atoms with Gasteiger partial charge < -0.3 is 10.1 Å². The van der Waals surface area contributed by atoms with Crippen LogP contribution < -0.4 is 14.8 Å². The summed E-state index contributed by atoms with van der Waals surface area (Å²) >= 11 is 5.81. The highest BCUT2D eigenvalue weighted by molar-refractivity contribution is 7.92. The number of aryl methyl sites for hydroxylation is 1. The van der Waals surface area contributed by atoms with Crippen LogP contribution in [0.4, 0.5) is 18.9 Å². The minimum atomic E-state index is -4.26. The van der Waals surface area contributed by atoms with Crippen LogP contribution in [0.1, 0.15) is 12.1 Å². The second-order valence-corrected chi connectivity index (χ2v) is 10.6. The molecule has 14 heteroatoms. The molecule has 5 rings (SSSR count). The number of aromatic amines is 1. The quantitative estimate of drug-likeness (QED) is 0.326. The number of ether oxygens (including phenoxy) is 1. The van der Waals surface area contributed by atoms with Crippen LogP contribution in [0.2, 0.25) is 5.02 Å². The van der Waals surface area contributed by atoms with Gasteiger partial charge in [-0.25, -0.2) is 26.6 Å². The predicted molar refractivity (Wildman–Crippen MR) is 131 cm³/mol. The number of benzene rings is 2. The number of hydrogen-bond acceptors (Lipinski definition) is 7. The van der Waals surface area contributed by atoms with Crippen molar-refractivity contribution in [2.45, 2.75) is 30.3 Å². The Morgan fingerprint density at radius 2 is 1.92 bits per heavy atom. The zero-order valence-corrected chi connectivity index (χ0v) is 20.8. The van der Waals surface area contributed by atoms with E-state index in [1.165, 1.54) is 30.3 Å². The number of sulfonamides is 1. The molecular weight excluding hydrogens is 533 g/mol. The van der Waals surface area contributed by atoms with Crippen molar-refractivity contribution in [3.05, 3.63) is 59.0 Å². The lowest BCUT2D eigenvalue weighted by atomic mass is 10.1. The number of nitrogens with zero attached hydrogens (tertiary/aromatic N) is 3. The van der Waals surface area contributed by atoms with Crippen LogP contribution in [0.15, 0.2) is 47.4 Å². The first-order valence-electron chi connectivity index (χ1n) is 11.1. The van der Waals surface area contributed by atoms with Crippen LogP contribution in [0.25, 0.3) is 22.4 Å². The first kappa shape index (κ1) is 25.2. The number of rotatable bonds is 6. The van der Waals surface area contributed by atoms with Gasteiger partial charge in [-0.2, -0.15) is 10.1 Å². The minimum absolute atomic E-state index is 0.0287. The van der Waals surface area contributed by atoms with Gasteiger partial charge in [0.05, 0.1) is 6.54 Å². The maximum Gasteiger partial charge on any atom is 0.296 e. The van der Waals surface area contributed by atoms with Crippen molar-refractivity contribution >= 4 is 38.3 Å². The van der Waals surface area contributed by atoms with E-state index in [1.807, 2.05) is 0 Å². The van der Waals surface area contributed by atoms with Crippen LogP contribution >= 0.6 is 11.6 Å². The molecule has 0 saturated carbocycles. The fourth-order valence-corrected chi connectivity index (χ4v) is 5.32. The molecule has 0 bridgehead atoms. The molecule has 0 radical (unpaired) electrons. The topological polar surface area (TPSA) is 122 Å². The molecule has 0 spiro atoms. The molecule has 2 aromatic heterocycles. The zero-order chi connectivity index (χ0) is 26.4. The third-order valence-corrected chi connectivity index (χ3v) is 7.44. The highest BCUT2D eigenvalue weighted by Gasteiger charge is 2.44. The van der Waals surface area contributed by atoms with Gasteiger partial charge in [0.2, 0.25) is 5.88 Å². The van der Waals surface area contributed by atoms with Crippen molar-refractivity contribution in [3.8, 4) is 17.3 Å². The van der Waals surface area contributed by atoms with Gasteiger partial charge in [-0.15, -0.1) is 0 Å². The van der Waals surface area contributed by atoms with Gasteiger partial charge in [-0.1, -0.05) is 11.6 Å². The predicted octanol–water partition coefficient (Wildman–Crippen LogP) is 4.30. The molecule has 0 amide bonds. The van der Waals surface area contributed by atoms with Crippen LogP contribution in [0, 0.1) is 12.7 Å². The van der Waals surface area contributed by atoms with E-state index in [0.29, 0.717) is 23.2 Å². The number of nitrogens with one attached hydrogen (secondary N) is 3. The molecule has 0 unspecified atom stereocenters. The van der Waals surface area contributed by atoms with E-state index in [1.54, 1.807) is 6.92 Å². The Morgan fingerprint density at radius 1 is 1.16 bits per heavy atom. The zero-order valence-electron chi connectivity index (χ0n) is 19.2. The lowest BCUT2D eigenvalue weighted by molar-refractivity contribution is -0.109. The molecular formula is C23H20ClF3N6O3S. The van der Waals surface area contributed by atoms with Gasteiger partial charge in [0, 0.05) is 28.4 Å². The van der Waals surface area contributed by atoms with E-state index >= 15 is 0 Å². The minimum Gasteiger partial charge on any atom is -0.467 e. The number of aromatic nitrogens is 4. The van der Waals surface area contributed by atoms with Gasteiger partial charge >= 0.3 is 0 Å². The average Bonchev–Trinajstić information content (AvgIpc) is 3.23. The Labute approximate surface area is 214 Å². The number of halogens is 4. The number of H-pyrrole nitrogens is 1. The smallest absolute Gasteiger partial charge is 0.296 e. The summed E-state index contributed by atoms with van der Waals surface area (Å²) in [7, 11) is -4.26. The fraction of sp³-hybridized carbons (Fsp3) is 0.261. The Balaban J connectivity index is 1.45. The van der Waals surface area contributed by atoms with Crippen molar-refractivity contribution in [1.82, 2.24) is 25.5 Å². The number of fused-ring (bicyclic) bond motifs is 1. The van der Waals surface area contributed by atoms with E-state index in [-0.39, 0.29) is 34.5 Å². The van der Waals surface area contributed by atoms with Crippen LogP contribution in [-0.4, -0.2) is 53.7 Å². The summed E-state index contributed by atoms with van der Waals surface area (Å²) in [5.41, 5.74) is 1.38. The maximum atomic E-state index is 14.4. The van der Waals surface area contributed by atoms with Crippen molar-refractivity contribution in [1.29, 1.82) is 0 Å². The highest BCUT2D eigenvalue weighted by atomic mass is 35.5. The Hall–Kier alpha value is -3.42. The van der Waals surface area contributed by atoms with Crippen molar-refractivity contribution < 1.29 is 26.3 Å². The molecule has 1 fully saturated rings. The van der Waals surface area contributed by atoms with E-state index < -0.39 is 39.3 Å². The van der Waals surface area contributed by atoms with Gasteiger partial charge in [-0.05, 0) is 55.9 Å². The molecule has 0 aliphatic carbocycles. The van der Waals surface area contributed by atoms with Gasteiger partial charge in [0.15, 0.2) is 17.6 Å². The van der Waals surface area contributed by atoms with Gasteiger partial charge in [0.1, 0.15) is 16.1 Å². The standard InChI is InChI=1S/C23H20ClF3N6O3S/c1-12-19-21(32-31-12)29-20(30-22(19)36-18-8-9-28-11-23(18,26)27)13-2-5-15(6-3-13)33-37(34,35)17-10-14(24)4-7-16(17)25/h2-7,10,18,28,33H,8-9,11H2,1H3,(H,29,30,31,32)/t18-/m1/s1. The van der Waals surface area contributed by atoms with Crippen molar-refractivity contribution in [2.24, 2.45) is 0 Å². The molecule has 3 heterocycles. The fourth-order valence-electron chi connectivity index (χ4n) is 3.92. The third-order valence-electron chi connectivity index (χ3n) is 5.81. The molecule has 4 aromatic rings. The first-order valence-corrected chi connectivity index (χ1v) is 13.0. The lowest BCUT2D eigenvalue weighted by Crippen LogP contribution is -2.52. The third kappa shape index (κ3) is 5.06. The Kier molecular flexibility index (Phi) is 6.46.